The maximum Gasteiger partial charge on any atom is 0.350 e. The van der Waals surface area contributed by atoms with Gasteiger partial charge in [0.1, 0.15) is 11.2 Å². The molecular formula is C19H23FN6O3. The number of ether oxygens (including phenoxy) is 1. The fourth-order valence-electron chi connectivity index (χ4n) is 4.43. The molecule has 2 atom stereocenters. The molecule has 2 heterocycles. The summed E-state index contributed by atoms with van der Waals surface area (Å²) in [6.07, 6.45) is 2.35. The van der Waals surface area contributed by atoms with E-state index in [1.54, 1.807) is 0 Å². The van der Waals surface area contributed by atoms with Crippen LogP contribution in [0.3, 0.4) is 0 Å². The second-order valence-corrected chi connectivity index (χ2v) is 7.85. The molecule has 1 aromatic heterocycles. The quantitative estimate of drug-likeness (QED) is 0.541. The number of methoxy groups -OCH3 is 1. The molecule has 0 amide bonds. The Bertz CT molecular complexity index is 1150. The Morgan fingerprint density at radius 3 is 2.76 bits per heavy atom. The van der Waals surface area contributed by atoms with Gasteiger partial charge in [0.2, 0.25) is 0 Å². The zero-order chi connectivity index (χ0) is 20.9. The zero-order valence-corrected chi connectivity index (χ0v) is 16.2. The molecule has 29 heavy (non-hydrogen) atoms. The number of anilines is 1. The highest BCUT2D eigenvalue weighted by Crippen LogP contribution is 2.53. The molecule has 4 N–H and O–H groups in total. The van der Waals surface area contributed by atoms with E-state index >= 15 is 4.39 Å². The molecule has 0 radical (unpaired) electrons. The summed E-state index contributed by atoms with van der Waals surface area (Å²) in [5.74, 6) is 5.14. The van der Waals surface area contributed by atoms with Crippen LogP contribution in [0.25, 0.3) is 10.9 Å². The lowest BCUT2D eigenvalue weighted by atomic mass is 10.1. The van der Waals surface area contributed by atoms with Crippen molar-refractivity contribution in [2.24, 2.45) is 11.1 Å². The first-order valence-corrected chi connectivity index (χ1v) is 9.53. The Morgan fingerprint density at radius 1 is 1.45 bits per heavy atom. The van der Waals surface area contributed by atoms with Gasteiger partial charge in [-0.15, -0.1) is 0 Å². The number of aryl methyl sites for hydroxylation is 1. The van der Waals surface area contributed by atoms with E-state index in [9.17, 15) is 9.59 Å². The Labute approximate surface area is 165 Å². The molecule has 2 unspecified atom stereocenters. The molecule has 0 bridgehead atoms. The molecule has 10 heteroatoms. The maximum absolute atomic E-state index is 15.2. The highest BCUT2D eigenvalue weighted by atomic mass is 19.1. The summed E-state index contributed by atoms with van der Waals surface area (Å²) in [7, 11) is 1.38. The van der Waals surface area contributed by atoms with E-state index in [0.29, 0.717) is 24.2 Å². The van der Waals surface area contributed by atoms with Crippen LogP contribution < -0.4 is 32.5 Å². The normalized spacial score (nSPS) is 23.0. The van der Waals surface area contributed by atoms with Crippen molar-refractivity contribution in [3.05, 3.63) is 32.7 Å². The highest BCUT2D eigenvalue weighted by molar-refractivity contribution is 5.91. The first-order valence-electron chi connectivity index (χ1n) is 9.53. The molecule has 2 aromatic rings. The Hall–Kier alpha value is -3.06. The van der Waals surface area contributed by atoms with E-state index in [2.05, 4.69) is 0 Å². The molecule has 1 saturated carbocycles. The average molecular weight is 402 g/mol. The lowest BCUT2D eigenvalue weighted by Gasteiger charge is -2.24. The van der Waals surface area contributed by atoms with Gasteiger partial charge in [-0.05, 0) is 25.3 Å². The van der Waals surface area contributed by atoms with Crippen molar-refractivity contribution >= 4 is 16.6 Å². The van der Waals surface area contributed by atoms with Crippen LogP contribution in [0.15, 0.2) is 15.7 Å². The molecule has 2 fully saturated rings. The fraction of sp³-hybridized carbons (Fsp3) is 0.526. The van der Waals surface area contributed by atoms with E-state index in [1.807, 2.05) is 11.0 Å². The monoisotopic (exact) mass is 402 g/mol. The summed E-state index contributed by atoms with van der Waals surface area (Å²) in [5.41, 5.74) is 4.95. The molecule has 1 aliphatic heterocycles. The molecule has 1 aliphatic carbocycles. The first-order chi connectivity index (χ1) is 13.8. The van der Waals surface area contributed by atoms with Gasteiger partial charge < -0.3 is 21.2 Å². The van der Waals surface area contributed by atoms with Gasteiger partial charge in [0.05, 0.1) is 18.6 Å². The van der Waals surface area contributed by atoms with Gasteiger partial charge in [-0.25, -0.2) is 9.18 Å². The summed E-state index contributed by atoms with van der Waals surface area (Å²) in [4.78, 5) is 27.1. The number of aromatic nitrogens is 2. The maximum atomic E-state index is 15.2. The third-order valence-corrected chi connectivity index (χ3v) is 6.17. The van der Waals surface area contributed by atoms with E-state index in [-0.39, 0.29) is 46.8 Å². The number of nitrogen functional groups attached to an aromatic ring is 1. The van der Waals surface area contributed by atoms with Gasteiger partial charge in [0.25, 0.3) is 5.56 Å². The average Bonchev–Trinajstić information content (AvgIpc) is 3.12. The molecular weight excluding hydrogens is 379 g/mol. The summed E-state index contributed by atoms with van der Waals surface area (Å²) < 4.78 is 22.4. The summed E-state index contributed by atoms with van der Waals surface area (Å²) in [5, 5.41) is 8.78. The van der Waals surface area contributed by atoms with E-state index in [4.69, 9.17) is 21.6 Å². The lowest BCUT2D eigenvalue weighted by Crippen LogP contribution is -2.45. The van der Waals surface area contributed by atoms with Gasteiger partial charge in [0, 0.05) is 37.5 Å². The largest absolute Gasteiger partial charge is 0.492 e. The summed E-state index contributed by atoms with van der Waals surface area (Å²) in [6, 6.07) is 3.23. The first kappa shape index (κ1) is 19.3. The molecule has 1 spiro atoms. The third kappa shape index (κ3) is 2.84. The van der Waals surface area contributed by atoms with Crippen molar-refractivity contribution in [3.63, 3.8) is 0 Å². The van der Waals surface area contributed by atoms with Crippen molar-refractivity contribution < 1.29 is 9.13 Å². The van der Waals surface area contributed by atoms with Crippen LogP contribution in [-0.4, -0.2) is 35.5 Å². The number of nitrogens with zero attached hydrogens (tertiary/aromatic N) is 4. The Balaban J connectivity index is 1.94. The second kappa shape index (κ2) is 6.77. The standard InChI is InChI=1S/C19H23FN6O3/c1-29-16-14-11(17(27)26(23)18(28)25(14)6-3-2-5-21)8-12(20)15(16)24-7-4-19(10-24)9-13(19)22/h8,13H,2-4,6-7,9-10,22-23H2,1H3. The van der Waals surface area contributed by atoms with Crippen LogP contribution in [0.5, 0.6) is 5.75 Å². The number of halogens is 1. The number of unbranched alkanes of at least 4 members (excludes halogenated alkanes) is 1. The third-order valence-electron chi connectivity index (χ3n) is 6.17. The van der Waals surface area contributed by atoms with E-state index in [0.717, 1.165) is 18.9 Å². The summed E-state index contributed by atoms with van der Waals surface area (Å²) in [6.45, 7) is 1.36. The molecule has 9 nitrogen and oxygen atoms in total. The number of nitrogens with two attached hydrogens (primary N) is 2. The number of fused-ring (bicyclic) bond motifs is 1. The van der Waals surface area contributed by atoms with Crippen molar-refractivity contribution in [1.29, 1.82) is 5.26 Å². The summed E-state index contributed by atoms with van der Waals surface area (Å²) >= 11 is 0. The minimum atomic E-state index is -0.799. The number of hydrogen-bond donors (Lipinski definition) is 2. The SMILES string of the molecule is COc1c(N2CCC3(CC3N)C2)c(F)cc2c(=O)n(N)c(=O)n(CCCC#N)c12. The van der Waals surface area contributed by atoms with Crippen LogP contribution in [-0.2, 0) is 6.54 Å². The van der Waals surface area contributed by atoms with Crippen molar-refractivity contribution in [1.82, 2.24) is 9.24 Å². The topological polar surface area (TPSA) is 132 Å². The van der Waals surface area contributed by atoms with Crippen LogP contribution in [0.4, 0.5) is 10.1 Å². The minimum absolute atomic E-state index is 0.000463. The van der Waals surface area contributed by atoms with Gasteiger partial charge in [-0.3, -0.25) is 9.36 Å². The van der Waals surface area contributed by atoms with Crippen LogP contribution in [0, 0.1) is 22.6 Å². The van der Waals surface area contributed by atoms with Crippen LogP contribution in [0.1, 0.15) is 25.7 Å². The van der Waals surface area contributed by atoms with Crippen molar-refractivity contribution in [2.45, 2.75) is 38.3 Å². The molecule has 1 aromatic carbocycles. The lowest BCUT2D eigenvalue weighted by molar-refractivity contribution is 0.412. The van der Waals surface area contributed by atoms with Crippen LogP contribution >= 0.6 is 0 Å². The van der Waals surface area contributed by atoms with E-state index < -0.39 is 17.1 Å². The number of nitriles is 1. The molecule has 154 valence electrons. The predicted molar refractivity (Wildman–Crippen MR) is 106 cm³/mol. The second-order valence-electron chi connectivity index (χ2n) is 7.85. The molecule has 1 saturated heterocycles. The van der Waals surface area contributed by atoms with E-state index in [1.165, 1.54) is 11.7 Å². The molecule has 2 aliphatic rings. The van der Waals surface area contributed by atoms with Gasteiger partial charge in [-0.1, -0.05) is 0 Å². The fourth-order valence-corrected chi connectivity index (χ4v) is 4.43. The Morgan fingerprint density at radius 2 is 2.17 bits per heavy atom. The van der Waals surface area contributed by atoms with Crippen molar-refractivity contribution in [3.8, 4) is 11.8 Å². The number of rotatable bonds is 5. The van der Waals surface area contributed by atoms with Crippen molar-refractivity contribution in [2.75, 3.05) is 30.9 Å². The Kier molecular flexibility index (Phi) is 4.50. The molecule has 4 rings (SSSR count). The van der Waals surface area contributed by atoms with Gasteiger partial charge >= 0.3 is 5.69 Å². The highest BCUT2D eigenvalue weighted by Gasteiger charge is 2.56. The minimum Gasteiger partial charge on any atom is -0.492 e. The van der Waals surface area contributed by atoms with Gasteiger partial charge in [0.15, 0.2) is 11.6 Å². The smallest absolute Gasteiger partial charge is 0.350 e. The number of hydrogen-bond acceptors (Lipinski definition) is 7. The van der Waals surface area contributed by atoms with Gasteiger partial charge in [-0.2, -0.15) is 9.94 Å². The van der Waals surface area contributed by atoms with Crippen LogP contribution in [0.2, 0.25) is 0 Å². The number of benzene rings is 1. The zero-order valence-electron chi connectivity index (χ0n) is 16.2. The predicted octanol–water partition coefficient (Wildman–Crippen LogP) is 0.256.